The van der Waals surface area contributed by atoms with Gasteiger partial charge < -0.3 is 101 Å². The van der Waals surface area contributed by atoms with Gasteiger partial charge in [0.15, 0.2) is 40.7 Å². The Kier molecular flexibility index (Phi) is 88.4. The van der Waals surface area contributed by atoms with E-state index in [4.69, 9.17) is 121 Å². The number of nitrogens with two attached hydrogens (primary N) is 5. The maximum atomic E-state index is 13.6. The Morgan fingerprint density at radius 1 is 0.685 bits per heavy atom. The van der Waals surface area contributed by atoms with E-state index in [-0.39, 0.29) is 191 Å². The number of aliphatic carboxylic acids is 1. The molecule has 36 nitrogen and oxygen atoms in total. The summed E-state index contributed by atoms with van der Waals surface area (Å²) in [7, 11) is 5.36. The molecule has 1 fully saturated rings. The molecule has 12 rings (SSSR count). The number of carboxylic acids is 3. The number of aliphatic hydroxyl groups is 2. The monoisotopic (exact) mass is 2700 g/mol. The minimum atomic E-state index is -1.67. The normalized spacial score (nSPS) is 10.5. The second-order valence-electron chi connectivity index (χ2n) is 24.5. The number of fused-ring (bicyclic) bond motifs is 3. The number of nitro benzene ring substituents is 1. The van der Waals surface area contributed by atoms with Gasteiger partial charge in [-0.3, -0.25) is 48.3 Å². The Morgan fingerprint density at radius 2 is 1.07 bits per heavy atom. The zero-order valence-electron chi connectivity index (χ0n) is 74.1. The molecule has 1 saturated heterocycles. The largest absolute Gasteiger partial charge is 1.00 e. The molecule has 0 saturated carbocycles. The number of aromatic carboxylic acids is 2. The number of aromatic amines is 1. The summed E-state index contributed by atoms with van der Waals surface area (Å²) < 4.78 is 152. The number of alkyl halides is 2. The van der Waals surface area contributed by atoms with Gasteiger partial charge in [0.05, 0.1) is 136 Å². The van der Waals surface area contributed by atoms with Crippen LogP contribution in [-0.2, 0) is 28.3 Å². The van der Waals surface area contributed by atoms with Gasteiger partial charge in [-0.25, -0.2) is 64.3 Å². The van der Waals surface area contributed by atoms with E-state index in [1.165, 1.54) is 73.1 Å². The summed E-state index contributed by atoms with van der Waals surface area (Å²) in [6, 6.07) is 22.5. The summed E-state index contributed by atoms with van der Waals surface area (Å²) in [4.78, 5) is 110. The average Bonchev–Trinajstić information content (AvgIpc) is 1.77. The number of oxime groups is 1. The van der Waals surface area contributed by atoms with Crippen LogP contribution in [0, 0.1) is 62.1 Å². The molecule has 2 aliphatic rings. The van der Waals surface area contributed by atoms with Gasteiger partial charge in [-0.1, -0.05) is 99.5 Å². The van der Waals surface area contributed by atoms with Gasteiger partial charge in [0.1, 0.15) is 34.3 Å². The van der Waals surface area contributed by atoms with Crippen LogP contribution in [0.4, 0.5) is 82.8 Å². The number of nitrogen functional groups attached to an aromatic ring is 3. The molecule has 0 bridgehead atoms. The number of aliphatic hydroxyl groups excluding tert-OH is 2. The third-order valence-electron chi connectivity index (χ3n) is 13.3. The molecule has 0 spiro atoms. The molecule has 0 unspecified atom stereocenters. The Hall–Kier alpha value is -7.94. The molecule has 2 aromatic heterocycles. The number of halogens is 24. The quantitative estimate of drug-likeness (QED) is 0.00607. The first kappa shape index (κ1) is 150. The molecule has 22 N–H and O–H groups in total. The number of ether oxygens (including phenoxy) is 1. The van der Waals surface area contributed by atoms with Crippen molar-refractivity contribution in [3.05, 3.63) is 255 Å². The van der Waals surface area contributed by atoms with E-state index < -0.39 is 127 Å². The summed E-state index contributed by atoms with van der Waals surface area (Å²) in [5, 5.41) is 82.3. The van der Waals surface area contributed by atoms with E-state index in [0.717, 1.165) is 57.9 Å². The summed E-state index contributed by atoms with van der Waals surface area (Å²) >= 11 is 46.2. The molecule has 8 aromatic carbocycles. The number of ketones is 1. The van der Waals surface area contributed by atoms with Gasteiger partial charge in [-0.2, -0.15) is 4.39 Å². The van der Waals surface area contributed by atoms with Crippen LogP contribution in [0.15, 0.2) is 155 Å². The predicted molar refractivity (Wildman–Crippen MR) is 565 cm³/mol. The van der Waals surface area contributed by atoms with Crippen LogP contribution >= 0.6 is 195 Å². The van der Waals surface area contributed by atoms with Crippen LogP contribution in [-0.4, -0.2) is 183 Å². The van der Waals surface area contributed by atoms with E-state index in [1.807, 2.05) is 26.4 Å². The summed E-state index contributed by atoms with van der Waals surface area (Å²) in [5.74, 6) is -6.71. The summed E-state index contributed by atoms with van der Waals surface area (Å²) in [6.07, 6.45) is 3.37. The van der Waals surface area contributed by atoms with Crippen LogP contribution in [0.2, 0.25) is 20.2 Å². The fourth-order valence-corrected chi connectivity index (χ4v) is 11.5. The van der Waals surface area contributed by atoms with Crippen molar-refractivity contribution in [2.24, 2.45) is 16.7 Å². The van der Waals surface area contributed by atoms with Crippen LogP contribution in [0.3, 0.4) is 0 Å². The third-order valence-corrected chi connectivity index (χ3v) is 20.6. The van der Waals surface area contributed by atoms with Crippen molar-refractivity contribution in [3.63, 3.8) is 0 Å². The van der Waals surface area contributed by atoms with Crippen LogP contribution in [0.25, 0.3) is 27.4 Å². The number of carbonyl (C=O) groups excluding carboxylic acids is 4. The van der Waals surface area contributed by atoms with Crippen LogP contribution in [0.1, 0.15) is 112 Å². The van der Waals surface area contributed by atoms with Gasteiger partial charge in [-0.15, -0.1) is 0 Å². The number of H-pyrrole nitrogens is 1. The standard InChI is InChI=1S/C9H18N2O2.C8H2BrCl2FN2.C8H3BrClFN2O.C8H6BrFN2O2.C8H3BrFNO2.C7H4BrClFNO2.C7H5BrFNO2.C6H3BrFNO2.C6H5BrFN.C3H8O.C2H4O2.C2H6O.2CH3F.CH4N2.4CH4.Cl2OS.H3N2O.Na/c1-9(2,3)13-8(12)11-6-4-10-5-7-11;9-5-4(10)1-3-7(6(5)12)13-2-14-8(3)11;9-5-4(10)1-3-7(6(5)11)12-2-13-8(3)14;9-5-2-1-3-6(8(5)10)12-7(13)4-11-14;9-4-2-1-3-6(5(4)10)11-8(13)7(3)12;8-4-3(9)1-2(7(12)13)6(11)5(4)10;8-4-2-1-3(7(11)12)6(10)5(4)9;7-4-2-1-3-5(6(4)8)9(10)11;7-4-2-1-3-5(9)6(4)8;1-3(2)4;1-2(3)4;1-2-3;2*1-2;2-1-3;;;;;1-4(2)3;1-2-3;/h10H,4-7H2,1-3H3;1-2H;1-2H,(H,12,13,14);1-4,14H,(H,12,13);1-2H,(H,11,12,13);1H,11H2,(H,12,13);1-2H,10H2,(H,11,12);1-3H;1-3H,9H2;3-4H,1-2H3;1H3,(H,3,4);3H,2H2,1H3;2*1H3;1H,(H3,2,3);4*1H4;;3H,1H2;/q;;;;;;;;;;;;;;;;;;;;-1;+1/b;;;11-4+;;;;;;;;;;;;;;;;;;/i;;;;;;;;;;;;2*1D;;;;;;;;. The van der Waals surface area contributed by atoms with E-state index in [9.17, 15) is 87.6 Å². The Balaban J connectivity index is -0.000000171. The Labute approximate surface area is 937 Å². The predicted octanol–water partition coefficient (Wildman–Crippen LogP) is 21.3. The number of amides is 3. The number of nitrogens with one attached hydrogen (secondary N) is 5. The van der Waals surface area contributed by atoms with Crippen molar-refractivity contribution in [2.75, 3.05) is 74.9 Å². The molecular formula is C81H96Br8Cl6F10N17NaO19S. The van der Waals surface area contributed by atoms with Crippen LogP contribution < -0.4 is 79.8 Å². The number of benzene rings is 8. The first-order valence-electron chi connectivity index (χ1n) is 37.0. The molecule has 0 radical (unpaired) electrons. The molecule has 3 amide bonds. The van der Waals surface area contributed by atoms with Crippen molar-refractivity contribution in [1.29, 1.82) is 5.41 Å². The number of piperazine rings is 1. The molecule has 0 atom stereocenters. The number of hydrogen-bond donors (Lipinski definition) is 17. The zero-order chi connectivity index (χ0) is 110. The van der Waals surface area contributed by atoms with E-state index in [0.29, 0.717) is 16.1 Å². The molecule has 4 heterocycles. The molecule has 62 heteroatoms. The minimum Gasteiger partial charge on any atom is -0.488 e. The topological polar surface area (TPSA) is 622 Å². The molecular weight excluding hydrogens is 2610 g/mol. The number of nitrogens with zero attached hydrogens (tertiary/aromatic N) is 7. The molecule has 10 aromatic rings. The first-order valence-corrected chi connectivity index (χ1v) is 46.2. The molecule has 2 aliphatic heterocycles. The number of rotatable bonds is 5. The number of nitro groups is 1. The van der Waals surface area contributed by atoms with Crippen molar-refractivity contribution in [1.82, 2.24) is 30.2 Å². The fourth-order valence-electron chi connectivity index (χ4n) is 8.03. The minimum absolute atomic E-state index is 0. The Morgan fingerprint density at radius 3 is 1.49 bits per heavy atom. The summed E-state index contributed by atoms with van der Waals surface area (Å²) in [6.45, 7) is 15.3. The first-order chi connectivity index (χ1) is 65.1. The second kappa shape index (κ2) is 84.0. The SMILES string of the molecule is C.C.C.C.CC(=O)O.CC(C)(C)OC(=O)N1CCNCC1.CC(C)O.CCO.Fc1c(Br)c(Cl)cc2c(Cl)ncnc12.N=CN.N[N-]O.Nc1c(C(=O)O)cc(Cl)c(Br)c1F.Nc1c(C(=O)O)ccc(Br)c1F.Nc1cccc(Br)c1F.O=C(/C=N/O)Nc1cccc(Br)c1F.O=C1Nc2c(ccc(Br)c2F)C1=O.O=S(Cl)Cl.O=[N+]([O-])c1cccc(Br)c1F.O=c1[nH]cnc2c(F)c(Br)c(Cl)cc12.[2H]CF.[2H]CF.[Na+]. The fraction of sp³-hybridized carbons (Fsp3) is 0.247. The number of hydrogen-bond acceptors (Lipinski definition) is 26. The van der Waals surface area contributed by atoms with Gasteiger partial charge >= 0.3 is 53.3 Å². The zero-order valence-corrected chi connectivity index (χ0v) is 92.1. The van der Waals surface area contributed by atoms with Crippen molar-refractivity contribution in [2.45, 2.75) is 89.9 Å². The van der Waals surface area contributed by atoms with Crippen molar-refractivity contribution < 1.29 is 160 Å². The van der Waals surface area contributed by atoms with E-state index in [2.05, 4.69) is 201 Å². The van der Waals surface area contributed by atoms with Gasteiger partial charge in [0.25, 0.3) is 29.1 Å². The maximum Gasteiger partial charge on any atom is 1.00 e. The summed E-state index contributed by atoms with van der Waals surface area (Å²) in [5.41, 5.74) is 19.7. The van der Waals surface area contributed by atoms with Gasteiger partial charge in [0, 0.05) is 78.6 Å². The maximum absolute atomic E-state index is 13.6. The molecule has 794 valence electrons. The van der Waals surface area contributed by atoms with Crippen molar-refractivity contribution >= 4 is 315 Å². The third kappa shape index (κ3) is 60.8. The van der Waals surface area contributed by atoms with E-state index in [1.54, 1.807) is 43.9 Å². The molecule has 143 heavy (non-hydrogen) atoms. The van der Waals surface area contributed by atoms with Gasteiger partial charge in [0.2, 0.25) is 15.0 Å². The number of aromatic nitrogens is 4. The second-order valence-corrected chi connectivity index (χ2v) is 35.3. The number of anilines is 5. The number of Topliss-reactive ketones (excluding diaryl/α,β-unsaturated/α-hetero) is 1. The number of carbonyl (C=O) groups is 7. The van der Waals surface area contributed by atoms with Crippen LogP contribution in [0.5, 0.6) is 0 Å². The smallest absolute Gasteiger partial charge is 0.488 e. The van der Waals surface area contributed by atoms with E-state index >= 15 is 0 Å². The molecule has 0 aliphatic carbocycles. The van der Waals surface area contributed by atoms with Crippen molar-refractivity contribution in [3.8, 4) is 0 Å². The van der Waals surface area contributed by atoms with Gasteiger partial charge in [-0.05, 0) is 242 Å². The Bertz CT molecular complexity index is 5830. The average molecular weight is 2710 g/mol. The number of carboxylic acid groups (broad SMARTS) is 3.